The minimum Gasteiger partial charge on any atom is -0.370 e. The first-order valence-electron chi connectivity index (χ1n) is 3.24. The number of nitrogens with two attached hydrogens (primary N) is 2. The van der Waals surface area contributed by atoms with Crippen molar-refractivity contribution in [2.75, 3.05) is 0 Å². The second-order valence-corrected chi connectivity index (χ2v) is 2.94. The monoisotopic (exact) mass is 200 g/mol. The van der Waals surface area contributed by atoms with E-state index in [2.05, 4.69) is 19.7 Å². The molecule has 0 saturated carbocycles. The summed E-state index contributed by atoms with van der Waals surface area (Å²) in [5, 5.41) is 10.8. The van der Waals surface area contributed by atoms with E-state index >= 15 is 0 Å². The molecule has 7 nitrogen and oxygen atoms in total. The topological polar surface area (TPSA) is 127 Å². The Balaban J connectivity index is 2.35. The summed E-state index contributed by atoms with van der Waals surface area (Å²) in [5.41, 5.74) is 10.1. The molecule has 0 spiro atoms. The Labute approximate surface area is 78.1 Å². The van der Waals surface area contributed by atoms with Crippen molar-refractivity contribution in [3.05, 3.63) is 12.2 Å². The molecule has 0 amide bonds. The quantitative estimate of drug-likeness (QED) is 0.436. The number of nitrogens with zero attached hydrogens (tertiary/aromatic N) is 3. The summed E-state index contributed by atoms with van der Waals surface area (Å²) in [6.07, 6.45) is 1.22. The SMILES string of the molecule is N=C(N=C(N)N)SCc1ncon1. The van der Waals surface area contributed by atoms with Crippen LogP contribution in [0.25, 0.3) is 0 Å². The van der Waals surface area contributed by atoms with Gasteiger partial charge in [0.05, 0.1) is 5.75 Å². The van der Waals surface area contributed by atoms with Gasteiger partial charge in [0.1, 0.15) is 0 Å². The lowest BCUT2D eigenvalue weighted by molar-refractivity contribution is 0.412. The molecule has 0 aliphatic heterocycles. The summed E-state index contributed by atoms with van der Waals surface area (Å²) in [6, 6.07) is 0. The molecule has 0 bridgehead atoms. The Morgan fingerprint density at radius 1 is 1.69 bits per heavy atom. The summed E-state index contributed by atoms with van der Waals surface area (Å²) >= 11 is 1.11. The van der Waals surface area contributed by atoms with E-state index in [9.17, 15) is 0 Å². The van der Waals surface area contributed by atoms with Gasteiger partial charge in [0.15, 0.2) is 17.0 Å². The van der Waals surface area contributed by atoms with E-state index in [4.69, 9.17) is 16.9 Å². The Hall–Kier alpha value is -1.57. The number of aromatic nitrogens is 2. The Morgan fingerprint density at radius 2 is 2.46 bits per heavy atom. The first kappa shape index (κ1) is 9.52. The third-order valence-electron chi connectivity index (χ3n) is 0.976. The molecule has 1 heterocycles. The fourth-order valence-electron chi connectivity index (χ4n) is 0.538. The van der Waals surface area contributed by atoms with Crippen molar-refractivity contribution in [2.45, 2.75) is 5.75 Å². The van der Waals surface area contributed by atoms with Gasteiger partial charge in [-0.3, -0.25) is 5.41 Å². The van der Waals surface area contributed by atoms with Gasteiger partial charge in [0.2, 0.25) is 6.39 Å². The maximum atomic E-state index is 7.25. The van der Waals surface area contributed by atoms with E-state index in [-0.39, 0.29) is 11.1 Å². The molecule has 1 aromatic rings. The third-order valence-corrected chi connectivity index (χ3v) is 1.74. The van der Waals surface area contributed by atoms with Gasteiger partial charge in [-0.25, -0.2) is 0 Å². The number of hydrogen-bond acceptors (Lipinski definition) is 5. The molecule has 0 fully saturated rings. The van der Waals surface area contributed by atoms with Gasteiger partial charge >= 0.3 is 0 Å². The molecule has 70 valence electrons. The van der Waals surface area contributed by atoms with Crippen molar-refractivity contribution in [3.63, 3.8) is 0 Å². The van der Waals surface area contributed by atoms with Crippen LogP contribution in [-0.2, 0) is 5.75 Å². The van der Waals surface area contributed by atoms with Crippen molar-refractivity contribution in [3.8, 4) is 0 Å². The highest BCUT2D eigenvalue weighted by molar-refractivity contribution is 8.13. The fourth-order valence-corrected chi connectivity index (χ4v) is 1.10. The molecule has 0 saturated heterocycles. The predicted molar refractivity (Wildman–Crippen MR) is 49.1 cm³/mol. The highest BCUT2D eigenvalue weighted by atomic mass is 32.2. The van der Waals surface area contributed by atoms with Gasteiger partial charge in [0.25, 0.3) is 0 Å². The van der Waals surface area contributed by atoms with Crippen molar-refractivity contribution in [2.24, 2.45) is 16.5 Å². The highest BCUT2D eigenvalue weighted by Crippen LogP contribution is 2.09. The van der Waals surface area contributed by atoms with E-state index in [0.29, 0.717) is 11.6 Å². The lowest BCUT2D eigenvalue weighted by Crippen LogP contribution is -2.23. The number of amidine groups is 1. The number of aliphatic imine (C=N–C) groups is 1. The van der Waals surface area contributed by atoms with E-state index in [0.717, 1.165) is 11.8 Å². The summed E-state index contributed by atoms with van der Waals surface area (Å²) in [7, 11) is 0. The fraction of sp³-hybridized carbons (Fsp3) is 0.200. The van der Waals surface area contributed by atoms with Crippen molar-refractivity contribution in [1.82, 2.24) is 10.1 Å². The zero-order chi connectivity index (χ0) is 9.68. The standard InChI is InChI=1S/C5H8N6OS/c6-4(7)10-5(8)13-1-3-9-2-12-11-3/h2H,1H2,(H5,6,7,8,10). The lowest BCUT2D eigenvalue weighted by atomic mass is 10.7. The zero-order valence-electron chi connectivity index (χ0n) is 6.60. The number of nitrogens with one attached hydrogen (secondary N) is 1. The molecule has 5 N–H and O–H groups in total. The average molecular weight is 200 g/mol. The van der Waals surface area contributed by atoms with Gasteiger partial charge in [-0.05, 0) is 0 Å². The summed E-state index contributed by atoms with van der Waals surface area (Å²) in [5.74, 6) is 0.776. The maximum Gasteiger partial charge on any atom is 0.213 e. The first-order chi connectivity index (χ1) is 6.18. The highest BCUT2D eigenvalue weighted by Gasteiger charge is 2.01. The molecule has 0 aliphatic carbocycles. The minimum absolute atomic E-state index is 0.0183. The molecule has 8 heteroatoms. The summed E-state index contributed by atoms with van der Waals surface area (Å²) in [6.45, 7) is 0. The number of thioether (sulfide) groups is 1. The van der Waals surface area contributed by atoms with Gasteiger partial charge in [0, 0.05) is 0 Å². The largest absolute Gasteiger partial charge is 0.370 e. The van der Waals surface area contributed by atoms with E-state index < -0.39 is 0 Å². The van der Waals surface area contributed by atoms with E-state index in [1.165, 1.54) is 6.39 Å². The van der Waals surface area contributed by atoms with Crippen LogP contribution in [0.4, 0.5) is 0 Å². The molecule has 1 aromatic heterocycles. The molecule has 0 aromatic carbocycles. The summed E-state index contributed by atoms with van der Waals surface area (Å²) in [4.78, 5) is 7.27. The molecule has 0 atom stereocenters. The van der Waals surface area contributed by atoms with Crippen LogP contribution in [0, 0.1) is 5.41 Å². The normalized spacial score (nSPS) is 9.54. The van der Waals surface area contributed by atoms with Crippen LogP contribution < -0.4 is 11.5 Å². The second kappa shape index (κ2) is 4.45. The molecular formula is C5H8N6OS. The second-order valence-electron chi connectivity index (χ2n) is 1.98. The van der Waals surface area contributed by atoms with Gasteiger partial charge in [-0.1, -0.05) is 16.9 Å². The lowest BCUT2D eigenvalue weighted by Gasteiger charge is -1.94. The molecule has 0 unspecified atom stereocenters. The van der Waals surface area contributed by atoms with E-state index in [1.807, 2.05) is 0 Å². The first-order valence-corrected chi connectivity index (χ1v) is 4.23. The zero-order valence-corrected chi connectivity index (χ0v) is 7.41. The van der Waals surface area contributed by atoms with Crippen LogP contribution in [-0.4, -0.2) is 21.3 Å². The van der Waals surface area contributed by atoms with Gasteiger partial charge in [-0.2, -0.15) is 9.98 Å². The molecule has 1 rings (SSSR count). The van der Waals surface area contributed by atoms with Crippen LogP contribution in [0.1, 0.15) is 5.82 Å². The average Bonchev–Trinajstić information content (AvgIpc) is 2.51. The molecule has 0 aliphatic rings. The number of hydrogen-bond donors (Lipinski definition) is 3. The predicted octanol–water partition coefficient (Wildman–Crippen LogP) is -0.489. The van der Waals surface area contributed by atoms with Gasteiger partial charge in [-0.15, -0.1) is 0 Å². The third kappa shape index (κ3) is 3.56. The minimum atomic E-state index is -0.134. The Bertz CT molecular complexity index is 303. The molecule has 13 heavy (non-hydrogen) atoms. The van der Waals surface area contributed by atoms with Crippen molar-refractivity contribution >= 4 is 22.9 Å². The van der Waals surface area contributed by atoms with Crippen LogP contribution in [0.2, 0.25) is 0 Å². The van der Waals surface area contributed by atoms with Gasteiger partial charge < -0.3 is 16.0 Å². The number of guanidine groups is 1. The summed E-state index contributed by atoms with van der Waals surface area (Å²) < 4.78 is 4.50. The number of rotatable bonds is 2. The molecule has 0 radical (unpaired) electrons. The van der Waals surface area contributed by atoms with Crippen LogP contribution >= 0.6 is 11.8 Å². The van der Waals surface area contributed by atoms with E-state index in [1.54, 1.807) is 0 Å². The van der Waals surface area contributed by atoms with Crippen LogP contribution in [0.15, 0.2) is 15.9 Å². The van der Waals surface area contributed by atoms with Crippen molar-refractivity contribution in [1.29, 1.82) is 5.41 Å². The van der Waals surface area contributed by atoms with Crippen LogP contribution in [0.5, 0.6) is 0 Å². The maximum absolute atomic E-state index is 7.25. The smallest absolute Gasteiger partial charge is 0.213 e. The van der Waals surface area contributed by atoms with Crippen LogP contribution in [0.3, 0.4) is 0 Å². The van der Waals surface area contributed by atoms with Crippen molar-refractivity contribution < 1.29 is 4.52 Å². The molecular weight excluding hydrogens is 192 g/mol. The Kier molecular flexibility index (Phi) is 3.26. The Morgan fingerprint density at radius 3 is 3.00 bits per heavy atom.